The summed E-state index contributed by atoms with van der Waals surface area (Å²) < 4.78 is 55.3. The molecule has 0 heterocycles. The van der Waals surface area contributed by atoms with Gasteiger partial charge in [-0.1, -0.05) is 0 Å². The molecule has 0 aliphatic heterocycles. The molecule has 0 bridgehead atoms. The fourth-order valence-electron chi connectivity index (χ4n) is 0.860. The number of halogens is 2. The van der Waals surface area contributed by atoms with Gasteiger partial charge in [0.2, 0.25) is 0 Å². The maximum Gasteiger partial charge on any atom is 0.380 e. The van der Waals surface area contributed by atoms with Gasteiger partial charge in [-0.2, -0.15) is 13.6 Å². The summed E-state index contributed by atoms with van der Waals surface area (Å²) in [6.45, 7) is 0. The minimum atomic E-state index is -4.31. The quantitative estimate of drug-likeness (QED) is 0.835. The van der Waals surface area contributed by atoms with Crippen molar-refractivity contribution in [2.45, 2.75) is 0 Å². The highest BCUT2D eigenvalue weighted by Crippen LogP contribution is 2.29. The van der Waals surface area contributed by atoms with Crippen LogP contribution in [-0.2, 0) is 10.3 Å². The van der Waals surface area contributed by atoms with E-state index in [4.69, 9.17) is 0 Å². The maximum absolute atomic E-state index is 12.7. The highest BCUT2D eigenvalue weighted by Gasteiger charge is 2.15. The van der Waals surface area contributed by atoms with Crippen LogP contribution in [0.3, 0.4) is 0 Å². The molecule has 0 atom stereocenters. The Balaban J connectivity index is 3.22. The normalized spacial score (nSPS) is 11.2. The average Bonchev–Trinajstić information content (AvgIpc) is 2.08. The fraction of sp³-hybridized carbons (Fsp3) is 0.143. The molecule has 1 rings (SSSR count). The van der Waals surface area contributed by atoms with Gasteiger partial charge in [0.15, 0.2) is 23.1 Å². The number of rotatable bonds is 3. The van der Waals surface area contributed by atoms with E-state index in [0.29, 0.717) is 12.1 Å². The monoisotopic (exact) mass is 239 g/mol. The van der Waals surface area contributed by atoms with E-state index in [-0.39, 0.29) is 5.75 Å². The lowest BCUT2D eigenvalue weighted by Gasteiger charge is -2.08. The Hall–Kier alpha value is -1.41. The molecule has 0 saturated carbocycles. The van der Waals surface area contributed by atoms with E-state index < -0.39 is 27.7 Å². The number of benzene rings is 1. The second-order valence-electron chi connectivity index (χ2n) is 2.49. The molecular formula is C7H7F2NO4S. The summed E-state index contributed by atoms with van der Waals surface area (Å²) in [7, 11) is -3.17. The maximum atomic E-state index is 12.7. The van der Waals surface area contributed by atoms with Crippen LogP contribution in [0.25, 0.3) is 0 Å². The molecule has 0 aliphatic rings. The number of ether oxygens (including phenoxy) is 1. The Morgan fingerprint density at radius 2 is 1.67 bits per heavy atom. The molecule has 15 heavy (non-hydrogen) atoms. The smallest absolute Gasteiger partial charge is 0.380 e. The Kier molecular flexibility index (Phi) is 3.10. The molecule has 0 aromatic heterocycles. The molecule has 0 unspecified atom stereocenters. The van der Waals surface area contributed by atoms with E-state index in [9.17, 15) is 17.2 Å². The number of hydrogen-bond acceptors (Lipinski definition) is 4. The average molecular weight is 239 g/mol. The van der Waals surface area contributed by atoms with Crippen LogP contribution >= 0.6 is 0 Å². The largest absolute Gasteiger partial charge is 0.493 e. The molecule has 0 saturated heterocycles. The fourth-order valence-corrected chi connectivity index (χ4v) is 1.24. The van der Waals surface area contributed by atoms with Crippen molar-refractivity contribution in [3.8, 4) is 11.5 Å². The minimum absolute atomic E-state index is 0.275. The summed E-state index contributed by atoms with van der Waals surface area (Å²) in [5.41, 5.74) is 0. The van der Waals surface area contributed by atoms with Gasteiger partial charge in [0.05, 0.1) is 7.11 Å². The molecule has 0 aliphatic carbocycles. The molecule has 1 aromatic rings. The molecule has 0 radical (unpaired) electrons. The van der Waals surface area contributed by atoms with Crippen LogP contribution < -0.4 is 14.1 Å². The van der Waals surface area contributed by atoms with E-state index in [2.05, 4.69) is 14.1 Å². The van der Waals surface area contributed by atoms with Crippen LogP contribution in [-0.4, -0.2) is 15.5 Å². The molecule has 8 heteroatoms. The summed E-state index contributed by atoms with van der Waals surface area (Å²) in [5.74, 6) is -3.25. The standard InChI is InChI=1S/C7H7F2NO4S/c1-13-6-2-4(8)5(9)3-7(6)14-15(10,11)12/h2-3H,1H3,(H2,10,11,12). The summed E-state index contributed by atoms with van der Waals surface area (Å²) in [4.78, 5) is 0. The first-order valence-corrected chi connectivity index (χ1v) is 5.06. The van der Waals surface area contributed by atoms with Crippen molar-refractivity contribution in [1.29, 1.82) is 0 Å². The van der Waals surface area contributed by atoms with E-state index in [1.165, 1.54) is 0 Å². The van der Waals surface area contributed by atoms with Gasteiger partial charge in [-0.25, -0.2) is 8.78 Å². The SMILES string of the molecule is COc1cc(F)c(F)cc1OS(N)(=O)=O. The summed E-state index contributed by atoms with van der Waals surface area (Å²) >= 11 is 0. The second-order valence-corrected chi connectivity index (χ2v) is 3.65. The lowest BCUT2D eigenvalue weighted by atomic mass is 10.3. The van der Waals surface area contributed by atoms with Crippen LogP contribution in [0.15, 0.2) is 12.1 Å². The predicted octanol–water partition coefficient (Wildman–Crippen LogP) is 0.556. The van der Waals surface area contributed by atoms with Crippen molar-refractivity contribution in [1.82, 2.24) is 0 Å². The third-order valence-corrected chi connectivity index (χ3v) is 1.82. The zero-order chi connectivity index (χ0) is 11.6. The minimum Gasteiger partial charge on any atom is -0.493 e. The van der Waals surface area contributed by atoms with Crippen molar-refractivity contribution in [3.63, 3.8) is 0 Å². The molecule has 0 fully saturated rings. The van der Waals surface area contributed by atoms with E-state index in [1.54, 1.807) is 0 Å². The van der Waals surface area contributed by atoms with Crippen LogP contribution in [0.1, 0.15) is 0 Å². The van der Waals surface area contributed by atoms with Crippen molar-refractivity contribution in [2.24, 2.45) is 5.14 Å². The Labute approximate surface area is 84.7 Å². The second kappa shape index (κ2) is 3.99. The first kappa shape index (κ1) is 11.7. The molecule has 1 aromatic carbocycles. The van der Waals surface area contributed by atoms with Gasteiger partial charge in [-0.05, 0) is 0 Å². The van der Waals surface area contributed by atoms with Crippen LogP contribution in [0.4, 0.5) is 8.78 Å². The van der Waals surface area contributed by atoms with Gasteiger partial charge >= 0.3 is 10.3 Å². The summed E-state index contributed by atoms with van der Waals surface area (Å²) in [6.07, 6.45) is 0. The van der Waals surface area contributed by atoms with Gasteiger partial charge < -0.3 is 8.92 Å². The van der Waals surface area contributed by atoms with Crippen LogP contribution in [0.5, 0.6) is 11.5 Å². The highest BCUT2D eigenvalue weighted by molar-refractivity contribution is 7.84. The summed E-state index contributed by atoms with van der Waals surface area (Å²) in [5, 5.41) is 4.56. The Morgan fingerprint density at radius 1 is 1.20 bits per heavy atom. The molecule has 2 N–H and O–H groups in total. The highest BCUT2D eigenvalue weighted by atomic mass is 32.2. The van der Waals surface area contributed by atoms with Crippen LogP contribution in [0, 0.1) is 11.6 Å². The van der Waals surface area contributed by atoms with Crippen molar-refractivity contribution in [2.75, 3.05) is 7.11 Å². The Morgan fingerprint density at radius 3 is 2.07 bits per heavy atom. The topological polar surface area (TPSA) is 78.6 Å². The van der Waals surface area contributed by atoms with Gasteiger partial charge in [-0.15, -0.1) is 0 Å². The van der Waals surface area contributed by atoms with Crippen LogP contribution in [0.2, 0.25) is 0 Å². The zero-order valence-corrected chi connectivity index (χ0v) is 8.35. The van der Waals surface area contributed by atoms with Gasteiger partial charge in [0.25, 0.3) is 0 Å². The number of nitrogens with two attached hydrogens (primary N) is 1. The van der Waals surface area contributed by atoms with E-state index in [1.807, 2.05) is 0 Å². The molecule has 5 nitrogen and oxygen atoms in total. The number of methoxy groups -OCH3 is 1. The van der Waals surface area contributed by atoms with Crippen molar-refractivity contribution < 1.29 is 26.1 Å². The van der Waals surface area contributed by atoms with Crippen molar-refractivity contribution in [3.05, 3.63) is 23.8 Å². The lowest BCUT2D eigenvalue weighted by Crippen LogP contribution is -2.19. The van der Waals surface area contributed by atoms with Crippen molar-refractivity contribution >= 4 is 10.3 Å². The predicted molar refractivity (Wildman–Crippen MR) is 46.6 cm³/mol. The third kappa shape index (κ3) is 3.03. The zero-order valence-electron chi connectivity index (χ0n) is 7.53. The van der Waals surface area contributed by atoms with E-state index in [0.717, 1.165) is 7.11 Å². The van der Waals surface area contributed by atoms with Gasteiger partial charge in [0.1, 0.15) is 0 Å². The summed E-state index contributed by atoms with van der Waals surface area (Å²) in [6, 6.07) is 1.18. The van der Waals surface area contributed by atoms with Gasteiger partial charge in [0, 0.05) is 12.1 Å². The number of hydrogen-bond donors (Lipinski definition) is 1. The van der Waals surface area contributed by atoms with Gasteiger partial charge in [-0.3, -0.25) is 0 Å². The third-order valence-electron chi connectivity index (χ3n) is 1.41. The lowest BCUT2D eigenvalue weighted by molar-refractivity contribution is 0.381. The van der Waals surface area contributed by atoms with E-state index >= 15 is 0 Å². The first-order valence-electron chi connectivity index (χ1n) is 3.58. The Bertz CT molecular complexity index is 474. The molecule has 0 spiro atoms. The first-order chi connectivity index (χ1) is 6.83. The molecular weight excluding hydrogens is 232 g/mol. The molecule has 84 valence electrons. The molecule has 0 amide bonds.